The first kappa shape index (κ1) is 15.7. The molecule has 0 bridgehead atoms. The SMILES string of the molecule is O=C1CCC2(CN(C(=O)c3c(F)cc(-c4ccccc4)cc3F)C2)N1. The summed E-state index contributed by atoms with van der Waals surface area (Å²) in [6.07, 6.45) is 1.07. The molecule has 128 valence electrons. The van der Waals surface area contributed by atoms with E-state index in [4.69, 9.17) is 0 Å². The molecular formula is C19H16F2N2O2. The molecule has 25 heavy (non-hydrogen) atoms. The van der Waals surface area contributed by atoms with Crippen LogP contribution in [0.3, 0.4) is 0 Å². The van der Waals surface area contributed by atoms with Crippen molar-refractivity contribution >= 4 is 11.8 Å². The zero-order valence-corrected chi connectivity index (χ0v) is 13.4. The van der Waals surface area contributed by atoms with E-state index >= 15 is 0 Å². The number of benzene rings is 2. The van der Waals surface area contributed by atoms with Gasteiger partial charge in [-0.1, -0.05) is 30.3 Å². The van der Waals surface area contributed by atoms with Gasteiger partial charge in [0.2, 0.25) is 5.91 Å². The first-order valence-corrected chi connectivity index (χ1v) is 8.12. The molecule has 1 spiro atoms. The summed E-state index contributed by atoms with van der Waals surface area (Å²) in [5.74, 6) is -2.47. The van der Waals surface area contributed by atoms with Crippen LogP contribution in [0.2, 0.25) is 0 Å². The fraction of sp³-hybridized carbons (Fsp3) is 0.263. The van der Waals surface area contributed by atoms with Gasteiger partial charge in [0.25, 0.3) is 5.91 Å². The number of likely N-dealkylation sites (tertiary alicyclic amines) is 1. The Hall–Kier alpha value is -2.76. The highest BCUT2D eigenvalue weighted by Gasteiger charge is 2.50. The Morgan fingerprint density at radius 2 is 1.68 bits per heavy atom. The minimum absolute atomic E-state index is 0.0447. The third kappa shape index (κ3) is 2.67. The van der Waals surface area contributed by atoms with Crippen molar-refractivity contribution in [3.05, 3.63) is 59.7 Å². The monoisotopic (exact) mass is 342 g/mol. The van der Waals surface area contributed by atoms with Crippen molar-refractivity contribution < 1.29 is 18.4 Å². The highest BCUT2D eigenvalue weighted by molar-refractivity contribution is 5.96. The number of nitrogens with one attached hydrogen (secondary N) is 1. The molecule has 0 aliphatic carbocycles. The second-order valence-electron chi connectivity index (χ2n) is 6.67. The van der Waals surface area contributed by atoms with Gasteiger partial charge in [-0.05, 0) is 29.7 Å². The molecule has 4 nitrogen and oxygen atoms in total. The van der Waals surface area contributed by atoms with E-state index in [2.05, 4.69) is 5.32 Å². The second kappa shape index (κ2) is 5.65. The lowest BCUT2D eigenvalue weighted by Gasteiger charge is -2.47. The Morgan fingerprint density at radius 3 is 2.24 bits per heavy atom. The number of amides is 2. The molecule has 2 aliphatic heterocycles. The fourth-order valence-electron chi connectivity index (χ4n) is 3.57. The molecular weight excluding hydrogens is 326 g/mol. The number of nitrogens with zero attached hydrogens (tertiary/aromatic N) is 1. The Bertz CT molecular complexity index is 838. The molecule has 2 aromatic carbocycles. The lowest BCUT2D eigenvalue weighted by atomic mass is 9.87. The van der Waals surface area contributed by atoms with E-state index < -0.39 is 28.6 Å². The third-order valence-corrected chi connectivity index (χ3v) is 4.87. The quantitative estimate of drug-likeness (QED) is 0.912. The molecule has 0 aromatic heterocycles. The standard InChI is InChI=1S/C19H16F2N2O2/c20-14-8-13(12-4-2-1-3-5-12)9-15(21)17(14)18(25)23-10-19(11-23)7-6-16(24)22-19/h1-5,8-9H,6-7,10-11H2,(H,22,24). The predicted octanol–water partition coefficient (Wildman–Crippen LogP) is 2.74. The van der Waals surface area contributed by atoms with E-state index in [1.165, 1.54) is 17.0 Å². The topological polar surface area (TPSA) is 49.4 Å². The molecule has 0 atom stereocenters. The largest absolute Gasteiger partial charge is 0.347 e. The van der Waals surface area contributed by atoms with Gasteiger partial charge < -0.3 is 10.2 Å². The highest BCUT2D eigenvalue weighted by atomic mass is 19.1. The Kier molecular flexibility index (Phi) is 3.56. The van der Waals surface area contributed by atoms with E-state index in [1.807, 2.05) is 6.07 Å². The summed E-state index contributed by atoms with van der Waals surface area (Å²) in [6, 6.07) is 11.2. The molecule has 0 radical (unpaired) electrons. The van der Waals surface area contributed by atoms with Crippen LogP contribution in [0.1, 0.15) is 23.2 Å². The molecule has 4 rings (SSSR count). The van der Waals surface area contributed by atoms with Crippen LogP contribution in [0.15, 0.2) is 42.5 Å². The number of rotatable bonds is 2. The number of hydrogen-bond donors (Lipinski definition) is 1. The average molecular weight is 342 g/mol. The zero-order valence-electron chi connectivity index (χ0n) is 13.4. The van der Waals surface area contributed by atoms with Gasteiger partial charge in [-0.2, -0.15) is 0 Å². The van der Waals surface area contributed by atoms with Crippen LogP contribution in [0.25, 0.3) is 11.1 Å². The molecule has 2 aromatic rings. The Labute approximate surface area is 143 Å². The molecule has 0 unspecified atom stereocenters. The van der Waals surface area contributed by atoms with Crippen molar-refractivity contribution in [2.45, 2.75) is 18.4 Å². The van der Waals surface area contributed by atoms with Gasteiger partial charge in [-0.3, -0.25) is 9.59 Å². The van der Waals surface area contributed by atoms with Gasteiger partial charge in [0.15, 0.2) is 0 Å². The number of carbonyl (C=O) groups is 2. The molecule has 2 saturated heterocycles. The average Bonchev–Trinajstić information content (AvgIpc) is 2.96. The summed E-state index contributed by atoms with van der Waals surface area (Å²) in [7, 11) is 0. The van der Waals surface area contributed by atoms with Crippen molar-refractivity contribution in [3.8, 4) is 11.1 Å². The van der Waals surface area contributed by atoms with Crippen molar-refractivity contribution in [1.29, 1.82) is 0 Å². The smallest absolute Gasteiger partial charge is 0.259 e. The van der Waals surface area contributed by atoms with Crippen LogP contribution in [0, 0.1) is 11.6 Å². The second-order valence-corrected chi connectivity index (χ2v) is 6.67. The van der Waals surface area contributed by atoms with E-state index in [-0.39, 0.29) is 19.0 Å². The minimum Gasteiger partial charge on any atom is -0.347 e. The Morgan fingerprint density at radius 1 is 1.04 bits per heavy atom. The molecule has 2 amide bonds. The highest BCUT2D eigenvalue weighted by Crippen LogP contribution is 2.33. The van der Waals surface area contributed by atoms with Gasteiger partial charge in [-0.15, -0.1) is 0 Å². The molecule has 0 saturated carbocycles. The first-order chi connectivity index (χ1) is 12.0. The van der Waals surface area contributed by atoms with Gasteiger partial charge >= 0.3 is 0 Å². The van der Waals surface area contributed by atoms with Crippen molar-refractivity contribution in [3.63, 3.8) is 0 Å². The van der Waals surface area contributed by atoms with Gasteiger partial charge in [-0.25, -0.2) is 8.78 Å². The van der Waals surface area contributed by atoms with Crippen molar-refractivity contribution in [2.24, 2.45) is 0 Å². The van der Waals surface area contributed by atoms with E-state index in [9.17, 15) is 18.4 Å². The van der Waals surface area contributed by atoms with Crippen LogP contribution < -0.4 is 5.32 Å². The third-order valence-electron chi connectivity index (χ3n) is 4.87. The fourth-order valence-corrected chi connectivity index (χ4v) is 3.57. The molecule has 1 N–H and O–H groups in total. The molecule has 2 aliphatic rings. The van der Waals surface area contributed by atoms with Gasteiger partial charge in [0.05, 0.1) is 5.54 Å². The number of halogens is 2. The minimum atomic E-state index is -0.875. The predicted molar refractivity (Wildman–Crippen MR) is 87.8 cm³/mol. The molecule has 6 heteroatoms. The summed E-state index contributed by atoms with van der Waals surface area (Å²) < 4.78 is 28.9. The van der Waals surface area contributed by atoms with Crippen LogP contribution in [0.5, 0.6) is 0 Å². The maximum absolute atomic E-state index is 14.4. The van der Waals surface area contributed by atoms with Crippen LogP contribution in [-0.4, -0.2) is 35.3 Å². The van der Waals surface area contributed by atoms with Crippen LogP contribution in [0.4, 0.5) is 8.78 Å². The lowest BCUT2D eigenvalue weighted by molar-refractivity contribution is -0.120. The first-order valence-electron chi connectivity index (χ1n) is 8.12. The van der Waals surface area contributed by atoms with Crippen LogP contribution >= 0.6 is 0 Å². The van der Waals surface area contributed by atoms with E-state index in [1.54, 1.807) is 24.3 Å². The lowest BCUT2D eigenvalue weighted by Crippen LogP contribution is -2.68. The summed E-state index contributed by atoms with van der Waals surface area (Å²) in [5.41, 5.74) is 0.106. The maximum Gasteiger partial charge on any atom is 0.259 e. The zero-order chi connectivity index (χ0) is 17.6. The van der Waals surface area contributed by atoms with Crippen molar-refractivity contribution in [1.82, 2.24) is 10.2 Å². The Balaban J connectivity index is 1.57. The van der Waals surface area contributed by atoms with E-state index in [0.29, 0.717) is 24.0 Å². The van der Waals surface area contributed by atoms with Gasteiger partial charge in [0.1, 0.15) is 17.2 Å². The van der Waals surface area contributed by atoms with Crippen molar-refractivity contribution in [2.75, 3.05) is 13.1 Å². The summed E-state index contributed by atoms with van der Waals surface area (Å²) >= 11 is 0. The number of hydrogen-bond acceptors (Lipinski definition) is 2. The molecule has 2 fully saturated rings. The van der Waals surface area contributed by atoms with E-state index in [0.717, 1.165) is 0 Å². The van der Waals surface area contributed by atoms with Gasteiger partial charge in [0, 0.05) is 19.5 Å². The summed E-state index contributed by atoms with van der Waals surface area (Å²) in [5, 5.41) is 2.84. The summed E-state index contributed by atoms with van der Waals surface area (Å²) in [6.45, 7) is 0.577. The molecule has 2 heterocycles. The maximum atomic E-state index is 14.4. The number of carbonyl (C=O) groups excluding carboxylic acids is 2. The summed E-state index contributed by atoms with van der Waals surface area (Å²) in [4.78, 5) is 25.2. The van der Waals surface area contributed by atoms with Crippen LogP contribution in [-0.2, 0) is 4.79 Å². The normalized spacial score (nSPS) is 18.2.